The number of aliphatic imine (C=N–C) groups is 1. The summed E-state index contributed by atoms with van der Waals surface area (Å²) < 4.78 is 12.0. The summed E-state index contributed by atoms with van der Waals surface area (Å²) in [7, 11) is 0. The summed E-state index contributed by atoms with van der Waals surface area (Å²) in [6, 6.07) is 10.7. The SMILES string of the molecule is CC(C)(C)C[C@]1(c2ccc(Br)cc2)N=C(NC(=O)OC(C)(C)C)N([C@H](COC(=O)NC2CC2)c2ccc(Cl)c(C(N)=O)c2)C1=O. The van der Waals surface area contributed by atoms with E-state index in [1.807, 2.05) is 32.9 Å². The molecule has 1 aliphatic carbocycles. The lowest BCUT2D eigenvalue weighted by Crippen LogP contribution is -2.50. The van der Waals surface area contributed by atoms with Crippen molar-refractivity contribution in [2.45, 2.75) is 84.0 Å². The van der Waals surface area contributed by atoms with E-state index in [1.165, 1.54) is 17.0 Å². The molecule has 4 amide bonds. The number of carbonyl (C=O) groups excluding carboxylic acids is 4. The van der Waals surface area contributed by atoms with Crippen LogP contribution in [0.25, 0.3) is 0 Å². The number of rotatable bonds is 8. The number of amides is 4. The van der Waals surface area contributed by atoms with Gasteiger partial charge in [0.05, 0.1) is 16.6 Å². The zero-order valence-corrected chi connectivity index (χ0v) is 28.5. The van der Waals surface area contributed by atoms with Crippen molar-refractivity contribution in [3.63, 3.8) is 0 Å². The maximum Gasteiger partial charge on any atom is 0.414 e. The van der Waals surface area contributed by atoms with Crippen molar-refractivity contribution in [2.75, 3.05) is 6.61 Å². The van der Waals surface area contributed by atoms with E-state index >= 15 is 0 Å². The first-order valence-corrected chi connectivity index (χ1v) is 15.8. The Hall–Kier alpha value is -3.64. The lowest BCUT2D eigenvalue weighted by Gasteiger charge is -2.35. The fourth-order valence-corrected chi connectivity index (χ4v) is 5.57. The molecule has 0 saturated heterocycles. The molecule has 13 heteroatoms. The van der Waals surface area contributed by atoms with Gasteiger partial charge in [0.2, 0.25) is 11.9 Å². The monoisotopic (exact) mass is 703 g/mol. The van der Waals surface area contributed by atoms with Gasteiger partial charge in [0, 0.05) is 10.5 Å². The quantitative estimate of drug-likeness (QED) is 0.298. The minimum Gasteiger partial charge on any atom is -0.447 e. The van der Waals surface area contributed by atoms with E-state index in [4.69, 9.17) is 31.8 Å². The molecule has 2 aromatic rings. The predicted octanol–water partition coefficient (Wildman–Crippen LogP) is 6.19. The molecule has 4 rings (SSSR count). The number of nitrogens with zero attached hydrogens (tertiary/aromatic N) is 2. The van der Waals surface area contributed by atoms with Crippen LogP contribution in [0.4, 0.5) is 9.59 Å². The molecule has 11 nitrogen and oxygen atoms in total. The molecule has 1 heterocycles. The minimum absolute atomic E-state index is 0.0145. The Morgan fingerprint density at radius 1 is 1.09 bits per heavy atom. The molecule has 2 atom stereocenters. The van der Waals surface area contributed by atoms with E-state index in [0.29, 0.717) is 11.1 Å². The molecule has 1 aliphatic heterocycles. The number of alkyl carbamates (subject to hydrolysis) is 2. The number of nitrogens with two attached hydrogens (primary N) is 1. The fraction of sp³-hybridized carbons (Fsp3) is 0.469. The van der Waals surface area contributed by atoms with Crippen LogP contribution in [0.3, 0.4) is 0 Å². The van der Waals surface area contributed by atoms with Gasteiger partial charge < -0.3 is 20.5 Å². The average molecular weight is 705 g/mol. The van der Waals surface area contributed by atoms with Crippen molar-refractivity contribution >= 4 is 57.5 Å². The van der Waals surface area contributed by atoms with Gasteiger partial charge in [-0.3, -0.25) is 19.8 Å². The van der Waals surface area contributed by atoms with Crippen LogP contribution < -0.4 is 16.4 Å². The van der Waals surface area contributed by atoms with Crippen molar-refractivity contribution in [3.8, 4) is 0 Å². The molecule has 1 fully saturated rings. The lowest BCUT2D eigenvalue weighted by atomic mass is 9.75. The molecule has 45 heavy (non-hydrogen) atoms. The third-order valence-corrected chi connectivity index (χ3v) is 7.90. The molecule has 2 aromatic carbocycles. The Labute approximate surface area is 276 Å². The molecule has 2 aliphatic rings. The Bertz CT molecular complexity index is 1510. The van der Waals surface area contributed by atoms with E-state index in [2.05, 4.69) is 26.6 Å². The summed E-state index contributed by atoms with van der Waals surface area (Å²) >= 11 is 9.73. The number of guanidine groups is 1. The summed E-state index contributed by atoms with van der Waals surface area (Å²) in [5.41, 5.74) is 3.86. The normalized spacial score (nSPS) is 19.1. The van der Waals surface area contributed by atoms with Gasteiger partial charge in [-0.2, -0.15) is 0 Å². The number of hydrogen-bond acceptors (Lipinski definition) is 7. The molecule has 0 unspecified atom stereocenters. The van der Waals surface area contributed by atoms with Gasteiger partial charge in [0.15, 0.2) is 5.54 Å². The van der Waals surface area contributed by atoms with Crippen LogP contribution in [0, 0.1) is 5.41 Å². The molecule has 0 spiro atoms. The number of hydrogen-bond donors (Lipinski definition) is 3. The fourth-order valence-electron chi connectivity index (χ4n) is 5.10. The van der Waals surface area contributed by atoms with Crippen molar-refractivity contribution in [1.29, 1.82) is 0 Å². The van der Waals surface area contributed by atoms with Crippen LogP contribution in [0.15, 0.2) is 51.9 Å². The van der Waals surface area contributed by atoms with Crippen LogP contribution in [0.1, 0.15) is 88.3 Å². The molecule has 1 saturated carbocycles. The first-order valence-electron chi connectivity index (χ1n) is 14.6. The third kappa shape index (κ3) is 8.55. The summed E-state index contributed by atoms with van der Waals surface area (Å²) in [5.74, 6) is -1.36. The molecule has 242 valence electrons. The van der Waals surface area contributed by atoms with E-state index in [1.54, 1.807) is 39.0 Å². The maximum absolute atomic E-state index is 14.9. The first kappa shape index (κ1) is 34.2. The second-order valence-electron chi connectivity index (χ2n) is 13.5. The standard InChI is InChI=1S/C32H39BrClN5O6/c1-30(2,3)17-32(19-8-10-20(33)11-9-19)26(41)39(27(38-32)37-29(43)45-31(4,5)6)24(16-44-28(42)36-21-12-13-21)18-7-14-23(34)22(15-18)25(35)40/h7-11,14-15,21,24H,12-13,16-17H2,1-6H3,(H2,35,40)(H,36,42)(H,37,38,43)/t24-,32-/m1/s1. The highest BCUT2D eigenvalue weighted by Gasteiger charge is 2.54. The summed E-state index contributed by atoms with van der Waals surface area (Å²) in [6.45, 7) is 10.8. The summed E-state index contributed by atoms with van der Waals surface area (Å²) in [4.78, 5) is 59.2. The van der Waals surface area contributed by atoms with E-state index in [0.717, 1.165) is 17.3 Å². The highest BCUT2D eigenvalue weighted by molar-refractivity contribution is 9.10. The highest BCUT2D eigenvalue weighted by atomic mass is 79.9. The highest BCUT2D eigenvalue weighted by Crippen LogP contribution is 2.45. The van der Waals surface area contributed by atoms with Crippen molar-refractivity contribution in [1.82, 2.24) is 15.5 Å². The molecule has 4 N–H and O–H groups in total. The Balaban J connectivity index is 1.88. The third-order valence-electron chi connectivity index (χ3n) is 7.04. The second-order valence-corrected chi connectivity index (χ2v) is 14.8. The van der Waals surface area contributed by atoms with E-state index in [-0.39, 0.29) is 35.6 Å². The summed E-state index contributed by atoms with van der Waals surface area (Å²) in [6.07, 6.45) is 0.467. The number of carbonyl (C=O) groups is 4. The average Bonchev–Trinajstić information content (AvgIpc) is 3.68. The molecule has 0 radical (unpaired) electrons. The van der Waals surface area contributed by atoms with Crippen LogP contribution in [-0.2, 0) is 19.8 Å². The largest absolute Gasteiger partial charge is 0.447 e. The molecule has 0 bridgehead atoms. The van der Waals surface area contributed by atoms with E-state index < -0.39 is 46.6 Å². The zero-order chi connectivity index (χ0) is 33.3. The Morgan fingerprint density at radius 3 is 2.29 bits per heavy atom. The predicted molar refractivity (Wildman–Crippen MR) is 174 cm³/mol. The van der Waals surface area contributed by atoms with E-state index in [9.17, 15) is 19.2 Å². The molecule has 0 aromatic heterocycles. The van der Waals surface area contributed by atoms with Crippen molar-refractivity contribution in [2.24, 2.45) is 16.1 Å². The van der Waals surface area contributed by atoms with Gasteiger partial charge >= 0.3 is 12.2 Å². The number of benzene rings is 2. The summed E-state index contributed by atoms with van der Waals surface area (Å²) in [5, 5.41) is 5.56. The topological polar surface area (TPSA) is 152 Å². The van der Waals surface area contributed by atoms with Gasteiger partial charge in [0.1, 0.15) is 12.2 Å². The van der Waals surface area contributed by atoms with Crippen LogP contribution in [0.5, 0.6) is 0 Å². The minimum atomic E-state index is -1.48. The van der Waals surface area contributed by atoms with Crippen LogP contribution in [0.2, 0.25) is 5.02 Å². The van der Waals surface area contributed by atoms with Crippen molar-refractivity contribution < 1.29 is 28.7 Å². The number of halogens is 2. The van der Waals surface area contributed by atoms with Gasteiger partial charge in [-0.1, -0.05) is 66.5 Å². The smallest absolute Gasteiger partial charge is 0.414 e. The molecular formula is C32H39BrClN5O6. The van der Waals surface area contributed by atoms with Gasteiger partial charge in [-0.25, -0.2) is 14.6 Å². The first-order chi connectivity index (χ1) is 20.9. The Morgan fingerprint density at radius 2 is 1.73 bits per heavy atom. The number of primary amides is 1. The van der Waals surface area contributed by atoms with Gasteiger partial charge in [-0.05, 0) is 80.8 Å². The second kappa shape index (κ2) is 13.0. The van der Waals surface area contributed by atoms with Crippen molar-refractivity contribution in [3.05, 3.63) is 68.7 Å². The van der Waals surface area contributed by atoms with Crippen LogP contribution >= 0.6 is 27.5 Å². The van der Waals surface area contributed by atoms with Gasteiger partial charge in [0.25, 0.3) is 5.91 Å². The lowest BCUT2D eigenvalue weighted by molar-refractivity contribution is -0.135. The molecular weight excluding hydrogens is 666 g/mol. The maximum atomic E-state index is 14.9. The zero-order valence-electron chi connectivity index (χ0n) is 26.2. The number of nitrogens with one attached hydrogen (secondary N) is 2. The van der Waals surface area contributed by atoms with Crippen LogP contribution in [-0.4, -0.2) is 53.1 Å². The number of ether oxygens (including phenoxy) is 2. The Kier molecular flexibility index (Phi) is 9.89. The van der Waals surface area contributed by atoms with Gasteiger partial charge in [-0.15, -0.1) is 0 Å².